The molecule has 1 aliphatic carbocycles. The largest absolute Gasteiger partial charge is 0.356 e. The molecule has 0 aromatic heterocycles. The van der Waals surface area contributed by atoms with E-state index < -0.39 is 0 Å². The van der Waals surface area contributed by atoms with Crippen LogP contribution in [0.2, 0.25) is 0 Å². The van der Waals surface area contributed by atoms with Crippen molar-refractivity contribution in [3.8, 4) is 0 Å². The van der Waals surface area contributed by atoms with Gasteiger partial charge in [-0.25, -0.2) is 0 Å². The van der Waals surface area contributed by atoms with Gasteiger partial charge in [0, 0.05) is 12.6 Å². The van der Waals surface area contributed by atoms with Crippen molar-refractivity contribution in [2.24, 2.45) is 5.92 Å². The molecule has 0 bridgehead atoms. The fraction of sp³-hybridized carbons (Fsp3) is 0.923. The predicted molar refractivity (Wildman–Crippen MR) is 71.0 cm³/mol. The molecule has 1 aliphatic rings. The minimum Gasteiger partial charge on any atom is -0.356 e. The van der Waals surface area contributed by atoms with Crippen molar-refractivity contribution in [2.45, 2.75) is 38.1 Å². The van der Waals surface area contributed by atoms with Crippen molar-refractivity contribution in [1.29, 1.82) is 0 Å². The quantitative estimate of drug-likeness (QED) is 0.677. The summed E-state index contributed by atoms with van der Waals surface area (Å²) in [6.07, 6.45) is 5.62. The van der Waals surface area contributed by atoms with E-state index in [1.54, 1.807) is 0 Å². The summed E-state index contributed by atoms with van der Waals surface area (Å²) in [5.74, 6) is 0.413. The fourth-order valence-corrected chi connectivity index (χ4v) is 2.53. The summed E-state index contributed by atoms with van der Waals surface area (Å²) >= 11 is 0. The normalized spacial score (nSPS) is 24.9. The first-order chi connectivity index (χ1) is 8.15. The Morgan fingerprint density at radius 1 is 1.29 bits per heavy atom. The Morgan fingerprint density at radius 3 is 2.65 bits per heavy atom. The lowest BCUT2D eigenvalue weighted by Crippen LogP contribution is -2.45. The van der Waals surface area contributed by atoms with Gasteiger partial charge in [0.05, 0.1) is 5.92 Å². The van der Waals surface area contributed by atoms with Crippen molar-refractivity contribution >= 4 is 5.91 Å². The number of nitrogens with one attached hydrogen (secondary N) is 2. The minimum absolute atomic E-state index is 0.174. The highest BCUT2D eigenvalue weighted by molar-refractivity contribution is 5.79. The van der Waals surface area contributed by atoms with E-state index in [1.165, 1.54) is 12.8 Å². The second kappa shape index (κ2) is 7.67. The van der Waals surface area contributed by atoms with Gasteiger partial charge in [0.1, 0.15) is 0 Å². The van der Waals surface area contributed by atoms with Crippen LogP contribution in [0.1, 0.15) is 32.1 Å². The number of hydrogen-bond acceptors (Lipinski definition) is 3. The molecule has 0 aromatic carbocycles. The molecule has 2 N–H and O–H groups in total. The van der Waals surface area contributed by atoms with Gasteiger partial charge in [-0.05, 0) is 47.0 Å². The van der Waals surface area contributed by atoms with Crippen LogP contribution in [0.15, 0.2) is 0 Å². The summed E-state index contributed by atoms with van der Waals surface area (Å²) in [5, 5.41) is 6.34. The van der Waals surface area contributed by atoms with Gasteiger partial charge in [0.25, 0.3) is 0 Å². The van der Waals surface area contributed by atoms with Crippen LogP contribution in [0.25, 0.3) is 0 Å². The maximum absolute atomic E-state index is 12.0. The van der Waals surface area contributed by atoms with E-state index >= 15 is 0 Å². The van der Waals surface area contributed by atoms with E-state index in [9.17, 15) is 4.79 Å². The van der Waals surface area contributed by atoms with E-state index in [0.29, 0.717) is 6.04 Å². The minimum atomic E-state index is 0.174. The average molecular weight is 241 g/mol. The Bertz CT molecular complexity index is 231. The van der Waals surface area contributed by atoms with Gasteiger partial charge in [0.15, 0.2) is 0 Å². The smallest absolute Gasteiger partial charge is 0.224 e. The van der Waals surface area contributed by atoms with Crippen LogP contribution in [0.5, 0.6) is 0 Å². The first-order valence-electron chi connectivity index (χ1n) is 6.75. The van der Waals surface area contributed by atoms with Crippen molar-refractivity contribution in [1.82, 2.24) is 15.5 Å². The summed E-state index contributed by atoms with van der Waals surface area (Å²) < 4.78 is 0. The monoisotopic (exact) mass is 241 g/mol. The Kier molecular flexibility index (Phi) is 6.52. The Labute approximate surface area is 105 Å². The highest BCUT2D eigenvalue weighted by Gasteiger charge is 2.29. The fourth-order valence-electron chi connectivity index (χ4n) is 2.53. The Balaban J connectivity index is 2.25. The van der Waals surface area contributed by atoms with Gasteiger partial charge < -0.3 is 15.5 Å². The van der Waals surface area contributed by atoms with Crippen LogP contribution in [0.4, 0.5) is 0 Å². The molecule has 4 heteroatoms. The molecule has 17 heavy (non-hydrogen) atoms. The molecule has 0 heterocycles. The van der Waals surface area contributed by atoms with Gasteiger partial charge in [-0.2, -0.15) is 0 Å². The summed E-state index contributed by atoms with van der Waals surface area (Å²) in [5.41, 5.74) is 0. The first kappa shape index (κ1) is 14.5. The van der Waals surface area contributed by atoms with Gasteiger partial charge in [-0.15, -0.1) is 0 Å². The molecule has 0 spiro atoms. The third-order valence-corrected chi connectivity index (χ3v) is 3.55. The molecule has 2 atom stereocenters. The molecule has 100 valence electrons. The molecule has 1 saturated carbocycles. The molecule has 1 fully saturated rings. The molecular formula is C13H27N3O. The lowest BCUT2D eigenvalue weighted by atomic mass is 9.84. The molecule has 0 aliphatic heterocycles. The molecule has 4 nitrogen and oxygen atoms in total. The Morgan fingerprint density at radius 2 is 2.00 bits per heavy atom. The van der Waals surface area contributed by atoms with E-state index in [0.717, 1.165) is 32.4 Å². The van der Waals surface area contributed by atoms with Crippen LogP contribution in [-0.4, -0.2) is 51.1 Å². The number of rotatable bonds is 6. The lowest BCUT2D eigenvalue weighted by Gasteiger charge is -2.30. The standard InChI is InChI=1S/C13H27N3O/c1-14-12-8-5-4-7-11(12)13(17)15-9-6-10-16(2)3/h11-12,14H,4-10H2,1-3H3,(H,15,17)/t11-,12-/m1/s1. The second-order valence-electron chi connectivity index (χ2n) is 5.23. The molecular weight excluding hydrogens is 214 g/mol. The van der Waals surface area contributed by atoms with Crippen LogP contribution in [-0.2, 0) is 4.79 Å². The first-order valence-corrected chi connectivity index (χ1v) is 6.75. The summed E-state index contributed by atoms with van der Waals surface area (Å²) in [7, 11) is 6.07. The Hall–Kier alpha value is -0.610. The SMILES string of the molecule is CN[C@@H]1CCCC[C@H]1C(=O)NCCCN(C)C. The molecule has 1 rings (SSSR count). The van der Waals surface area contributed by atoms with Crippen LogP contribution in [0, 0.1) is 5.92 Å². The number of carbonyl (C=O) groups excluding carboxylic acids is 1. The van der Waals surface area contributed by atoms with Crippen molar-refractivity contribution in [3.05, 3.63) is 0 Å². The van der Waals surface area contributed by atoms with E-state index in [2.05, 4.69) is 29.6 Å². The van der Waals surface area contributed by atoms with Gasteiger partial charge in [0.2, 0.25) is 5.91 Å². The molecule has 0 unspecified atom stereocenters. The zero-order valence-corrected chi connectivity index (χ0v) is 11.5. The second-order valence-corrected chi connectivity index (χ2v) is 5.23. The highest BCUT2D eigenvalue weighted by atomic mass is 16.1. The van der Waals surface area contributed by atoms with Crippen LogP contribution >= 0.6 is 0 Å². The molecule has 1 amide bonds. The van der Waals surface area contributed by atoms with E-state index in [1.807, 2.05) is 7.05 Å². The van der Waals surface area contributed by atoms with Crippen molar-refractivity contribution < 1.29 is 4.79 Å². The number of amides is 1. The maximum Gasteiger partial charge on any atom is 0.224 e. The summed E-state index contributed by atoms with van der Waals surface area (Å²) in [6.45, 7) is 1.82. The predicted octanol–water partition coefficient (Wildman–Crippen LogP) is 0.833. The molecule has 0 radical (unpaired) electrons. The third kappa shape index (κ3) is 5.04. The molecule has 0 saturated heterocycles. The lowest BCUT2D eigenvalue weighted by molar-refractivity contribution is -0.126. The van der Waals surface area contributed by atoms with Crippen LogP contribution < -0.4 is 10.6 Å². The maximum atomic E-state index is 12.0. The van der Waals surface area contributed by atoms with Gasteiger partial charge in [-0.1, -0.05) is 12.8 Å². The third-order valence-electron chi connectivity index (χ3n) is 3.55. The summed E-state index contributed by atoms with van der Waals surface area (Å²) in [6, 6.07) is 0.373. The van der Waals surface area contributed by atoms with E-state index in [-0.39, 0.29) is 11.8 Å². The zero-order valence-electron chi connectivity index (χ0n) is 11.5. The van der Waals surface area contributed by atoms with Crippen molar-refractivity contribution in [2.75, 3.05) is 34.2 Å². The molecule has 0 aromatic rings. The van der Waals surface area contributed by atoms with Gasteiger partial charge in [-0.3, -0.25) is 4.79 Å². The van der Waals surface area contributed by atoms with Gasteiger partial charge >= 0.3 is 0 Å². The topological polar surface area (TPSA) is 44.4 Å². The number of hydrogen-bond donors (Lipinski definition) is 2. The highest BCUT2D eigenvalue weighted by Crippen LogP contribution is 2.24. The van der Waals surface area contributed by atoms with E-state index in [4.69, 9.17) is 0 Å². The number of nitrogens with zero attached hydrogens (tertiary/aromatic N) is 1. The zero-order chi connectivity index (χ0) is 12.7. The average Bonchev–Trinajstić information content (AvgIpc) is 2.34. The summed E-state index contributed by atoms with van der Waals surface area (Å²) in [4.78, 5) is 14.2. The van der Waals surface area contributed by atoms with Crippen LogP contribution in [0.3, 0.4) is 0 Å². The van der Waals surface area contributed by atoms with Crippen molar-refractivity contribution in [3.63, 3.8) is 0 Å². The number of carbonyl (C=O) groups is 1.